The van der Waals surface area contributed by atoms with Crippen LogP contribution in [0.5, 0.6) is 5.75 Å². The summed E-state index contributed by atoms with van der Waals surface area (Å²) in [4.78, 5) is 29.9. The second-order valence-electron chi connectivity index (χ2n) is 8.51. The van der Waals surface area contributed by atoms with Gasteiger partial charge in [0.2, 0.25) is 5.91 Å². The number of carbonyl (C=O) groups excluding carboxylic acids is 1. The summed E-state index contributed by atoms with van der Waals surface area (Å²) < 4.78 is 20.6. The van der Waals surface area contributed by atoms with E-state index in [-0.39, 0.29) is 29.6 Å². The molecule has 1 amide bonds. The Balaban J connectivity index is 1.61. The zero-order valence-electron chi connectivity index (χ0n) is 18.8. The third-order valence-corrected chi connectivity index (χ3v) is 6.55. The third kappa shape index (κ3) is 5.27. The summed E-state index contributed by atoms with van der Waals surface area (Å²) >= 11 is 1.36. The van der Waals surface area contributed by atoms with Gasteiger partial charge in [0.25, 0.3) is 5.56 Å². The summed E-state index contributed by atoms with van der Waals surface area (Å²) in [6.07, 6.45) is 0.179. The Morgan fingerprint density at radius 1 is 1.15 bits per heavy atom. The molecule has 172 valence electrons. The normalized spacial score (nSPS) is 15.3. The lowest BCUT2D eigenvalue weighted by atomic mass is 9.87. The number of nitrogens with zero attached hydrogens (tertiary/aromatic N) is 2. The van der Waals surface area contributed by atoms with Gasteiger partial charge in [0.15, 0.2) is 5.16 Å². The highest BCUT2D eigenvalue weighted by Gasteiger charge is 2.32. The van der Waals surface area contributed by atoms with Crippen LogP contribution >= 0.6 is 11.8 Å². The number of hydrogen-bond donors (Lipinski definition) is 1. The fourth-order valence-electron chi connectivity index (χ4n) is 3.74. The van der Waals surface area contributed by atoms with E-state index in [1.165, 1.54) is 23.9 Å². The third-order valence-electron chi connectivity index (χ3n) is 5.45. The largest absolute Gasteiger partial charge is 0.493 e. The van der Waals surface area contributed by atoms with Gasteiger partial charge < -0.3 is 14.6 Å². The number of aromatic nitrogens is 2. The number of carbonyl (C=O) groups is 1. The van der Waals surface area contributed by atoms with E-state index >= 15 is 0 Å². The molecule has 8 heteroatoms. The number of ether oxygens (including phenoxy) is 1. The van der Waals surface area contributed by atoms with Crippen molar-refractivity contribution in [3.8, 4) is 5.75 Å². The van der Waals surface area contributed by atoms with Gasteiger partial charge in [0.1, 0.15) is 17.4 Å². The van der Waals surface area contributed by atoms with Gasteiger partial charge >= 0.3 is 0 Å². The second kappa shape index (κ2) is 9.79. The highest BCUT2D eigenvalue weighted by molar-refractivity contribution is 7.98. The summed E-state index contributed by atoms with van der Waals surface area (Å²) in [7, 11) is 1.78. The molecule has 0 spiro atoms. The monoisotopic (exact) mass is 467 g/mol. The Labute approximate surface area is 196 Å². The Morgan fingerprint density at radius 3 is 2.52 bits per heavy atom. The number of rotatable bonds is 7. The Hall–Kier alpha value is -3.13. The molecule has 2 aromatic carbocycles. The van der Waals surface area contributed by atoms with Crippen molar-refractivity contribution in [3.63, 3.8) is 0 Å². The lowest BCUT2D eigenvalue weighted by molar-refractivity contribution is -0.116. The van der Waals surface area contributed by atoms with E-state index in [9.17, 15) is 14.0 Å². The molecule has 0 saturated carbocycles. The predicted molar refractivity (Wildman–Crippen MR) is 127 cm³/mol. The first kappa shape index (κ1) is 23.0. The topological polar surface area (TPSA) is 73.2 Å². The van der Waals surface area contributed by atoms with Crippen LogP contribution in [0.4, 0.5) is 10.2 Å². The summed E-state index contributed by atoms with van der Waals surface area (Å²) in [5, 5.41) is 3.34. The number of halogens is 1. The van der Waals surface area contributed by atoms with Gasteiger partial charge in [-0.05, 0) is 41.3 Å². The molecule has 1 aliphatic rings. The summed E-state index contributed by atoms with van der Waals surface area (Å²) in [5.41, 5.74) is 1.91. The van der Waals surface area contributed by atoms with Gasteiger partial charge in [-0.3, -0.25) is 9.59 Å². The molecule has 4 rings (SSSR count). The van der Waals surface area contributed by atoms with E-state index in [1.807, 2.05) is 24.3 Å². The number of fused-ring (bicyclic) bond motifs is 1. The minimum atomic E-state index is -0.379. The number of nitrogens with one attached hydrogen (secondary N) is 1. The molecule has 1 aromatic heterocycles. The van der Waals surface area contributed by atoms with E-state index in [0.29, 0.717) is 34.8 Å². The molecule has 0 bridgehead atoms. The standard InChI is InChI=1S/C25H26FN3O3S/c1-15(2)13-32-19-10-6-17(7-11-19)20-12-21(30)27-23-22(20)24(31)28-25(29(23)3)33-14-16-4-8-18(26)9-5-16/h4-11,15,20H,12-14H2,1-3H3,(H,27,30)/t20-/m0/s1. The summed E-state index contributed by atoms with van der Waals surface area (Å²) in [5.74, 6) is 1.34. The van der Waals surface area contributed by atoms with Crippen molar-refractivity contribution in [2.24, 2.45) is 13.0 Å². The Bertz CT molecular complexity index is 1210. The molecule has 2 heterocycles. The molecule has 0 unspecified atom stereocenters. The SMILES string of the molecule is CC(C)COc1ccc([C@@H]2CC(=O)Nc3c2c(=O)nc(SCc2ccc(F)cc2)n3C)cc1. The minimum absolute atomic E-state index is 0.150. The first-order valence-electron chi connectivity index (χ1n) is 10.8. The number of hydrogen-bond acceptors (Lipinski definition) is 5. The molecule has 1 aliphatic heterocycles. The molecule has 1 N–H and O–H groups in total. The highest BCUT2D eigenvalue weighted by atomic mass is 32.2. The number of anilines is 1. The van der Waals surface area contributed by atoms with E-state index < -0.39 is 0 Å². The fraction of sp³-hybridized carbons (Fsp3) is 0.320. The van der Waals surface area contributed by atoms with Gasteiger partial charge in [-0.25, -0.2) is 4.39 Å². The molecule has 33 heavy (non-hydrogen) atoms. The van der Waals surface area contributed by atoms with Crippen LogP contribution in [0, 0.1) is 11.7 Å². The maximum atomic E-state index is 13.1. The van der Waals surface area contributed by atoms with Gasteiger partial charge in [0.05, 0.1) is 12.2 Å². The summed E-state index contributed by atoms with van der Waals surface area (Å²) in [6.45, 7) is 4.79. The molecule has 0 aliphatic carbocycles. The fourth-order valence-corrected chi connectivity index (χ4v) is 4.66. The van der Waals surface area contributed by atoms with Gasteiger partial charge in [0, 0.05) is 25.1 Å². The zero-order chi connectivity index (χ0) is 23.5. The second-order valence-corrected chi connectivity index (χ2v) is 9.46. The molecule has 0 radical (unpaired) electrons. The van der Waals surface area contributed by atoms with E-state index in [2.05, 4.69) is 24.1 Å². The van der Waals surface area contributed by atoms with Crippen molar-refractivity contribution in [3.05, 3.63) is 81.4 Å². The van der Waals surface area contributed by atoms with Gasteiger partial charge in [-0.2, -0.15) is 4.98 Å². The van der Waals surface area contributed by atoms with Gasteiger partial charge in [-0.15, -0.1) is 0 Å². The molecular weight excluding hydrogens is 441 g/mol. The Morgan fingerprint density at radius 2 is 1.85 bits per heavy atom. The number of amides is 1. The maximum Gasteiger partial charge on any atom is 0.279 e. The molecule has 6 nitrogen and oxygen atoms in total. The minimum Gasteiger partial charge on any atom is -0.493 e. The number of benzene rings is 2. The van der Waals surface area contributed by atoms with Crippen molar-refractivity contribution in [2.75, 3.05) is 11.9 Å². The van der Waals surface area contributed by atoms with Crippen LogP contribution in [0.15, 0.2) is 58.5 Å². The summed E-state index contributed by atoms with van der Waals surface area (Å²) in [6, 6.07) is 13.7. The number of thioether (sulfide) groups is 1. The molecule has 1 atom stereocenters. The average Bonchev–Trinajstić information content (AvgIpc) is 2.80. The van der Waals surface area contributed by atoms with Crippen LogP contribution in [0.25, 0.3) is 0 Å². The molecule has 0 saturated heterocycles. The van der Waals surface area contributed by atoms with E-state index in [4.69, 9.17) is 4.74 Å². The zero-order valence-corrected chi connectivity index (χ0v) is 19.6. The van der Waals surface area contributed by atoms with Crippen molar-refractivity contribution >= 4 is 23.5 Å². The lowest BCUT2D eigenvalue weighted by Gasteiger charge is -2.27. The van der Waals surface area contributed by atoms with Gasteiger partial charge in [-0.1, -0.05) is 49.9 Å². The van der Waals surface area contributed by atoms with Crippen molar-refractivity contribution < 1.29 is 13.9 Å². The van der Waals surface area contributed by atoms with Crippen LogP contribution in [0.1, 0.15) is 42.9 Å². The van der Waals surface area contributed by atoms with Crippen LogP contribution in [-0.4, -0.2) is 22.1 Å². The first-order chi connectivity index (χ1) is 15.8. The first-order valence-corrected chi connectivity index (χ1v) is 11.8. The maximum absolute atomic E-state index is 13.1. The van der Waals surface area contributed by atoms with Crippen molar-refractivity contribution in [1.29, 1.82) is 0 Å². The van der Waals surface area contributed by atoms with Crippen LogP contribution in [0.2, 0.25) is 0 Å². The Kier molecular flexibility index (Phi) is 6.83. The van der Waals surface area contributed by atoms with Crippen LogP contribution in [0.3, 0.4) is 0 Å². The molecular formula is C25H26FN3O3S. The lowest BCUT2D eigenvalue weighted by Crippen LogP contribution is -2.33. The predicted octanol–water partition coefficient (Wildman–Crippen LogP) is 4.72. The highest BCUT2D eigenvalue weighted by Crippen LogP contribution is 2.36. The van der Waals surface area contributed by atoms with E-state index in [1.54, 1.807) is 23.7 Å². The van der Waals surface area contributed by atoms with E-state index in [0.717, 1.165) is 16.9 Å². The van der Waals surface area contributed by atoms with Crippen LogP contribution < -0.4 is 15.6 Å². The molecule has 0 fully saturated rings. The van der Waals surface area contributed by atoms with Crippen molar-refractivity contribution in [2.45, 2.75) is 37.1 Å². The quantitative estimate of drug-likeness (QED) is 0.402. The molecule has 3 aromatic rings. The van der Waals surface area contributed by atoms with Crippen LogP contribution in [-0.2, 0) is 17.6 Å². The smallest absolute Gasteiger partial charge is 0.279 e. The van der Waals surface area contributed by atoms with Crippen molar-refractivity contribution in [1.82, 2.24) is 9.55 Å². The average molecular weight is 468 g/mol.